The molecule has 1 aliphatic heterocycles. The fourth-order valence-electron chi connectivity index (χ4n) is 1.78. The van der Waals surface area contributed by atoms with Crippen LogP contribution in [0.4, 0.5) is 0 Å². The Morgan fingerprint density at radius 1 is 1.53 bits per heavy atom. The maximum atomic E-state index is 11.9. The molecule has 5 heteroatoms. The zero-order valence-corrected chi connectivity index (χ0v) is 9.43. The average molecular weight is 214 g/mol. The van der Waals surface area contributed by atoms with Crippen LogP contribution in [-0.4, -0.2) is 60.0 Å². The number of likely N-dealkylation sites (N-methyl/N-ethyl adjacent to an activating group) is 1. The van der Waals surface area contributed by atoms with Crippen LogP contribution in [0.15, 0.2) is 0 Å². The van der Waals surface area contributed by atoms with Crippen molar-refractivity contribution >= 4 is 11.9 Å². The van der Waals surface area contributed by atoms with Crippen molar-refractivity contribution in [3.05, 3.63) is 0 Å². The van der Waals surface area contributed by atoms with Crippen LogP contribution < -0.4 is 0 Å². The Labute approximate surface area is 89.7 Å². The molecular weight excluding hydrogens is 196 g/mol. The third-order valence-electron chi connectivity index (χ3n) is 3.03. The Balaban J connectivity index is 2.56. The van der Waals surface area contributed by atoms with E-state index in [9.17, 15) is 9.59 Å². The van der Waals surface area contributed by atoms with Crippen molar-refractivity contribution in [3.63, 3.8) is 0 Å². The number of rotatable bonds is 3. The van der Waals surface area contributed by atoms with Crippen molar-refractivity contribution < 1.29 is 14.7 Å². The second-order valence-corrected chi connectivity index (χ2v) is 4.21. The molecule has 1 aliphatic rings. The van der Waals surface area contributed by atoms with Crippen LogP contribution in [0, 0.1) is 5.92 Å². The van der Waals surface area contributed by atoms with Gasteiger partial charge in [0, 0.05) is 13.6 Å². The van der Waals surface area contributed by atoms with Crippen molar-refractivity contribution in [1.29, 1.82) is 0 Å². The van der Waals surface area contributed by atoms with Gasteiger partial charge in [-0.05, 0) is 26.9 Å². The summed E-state index contributed by atoms with van der Waals surface area (Å²) in [5.41, 5.74) is 0. The molecule has 1 heterocycles. The molecule has 0 radical (unpaired) electrons. The first kappa shape index (κ1) is 12.0. The summed E-state index contributed by atoms with van der Waals surface area (Å²) in [7, 11) is 3.52. The number of carbonyl (C=O) groups excluding carboxylic acids is 1. The topological polar surface area (TPSA) is 60.9 Å². The average Bonchev–Trinajstić information content (AvgIpc) is 2.61. The number of carbonyl (C=O) groups is 2. The van der Waals surface area contributed by atoms with Gasteiger partial charge >= 0.3 is 5.97 Å². The quantitative estimate of drug-likeness (QED) is 0.711. The lowest BCUT2D eigenvalue weighted by Crippen LogP contribution is -2.43. The van der Waals surface area contributed by atoms with Gasteiger partial charge in [0.2, 0.25) is 5.91 Å². The number of hydrogen-bond donors (Lipinski definition) is 1. The van der Waals surface area contributed by atoms with Crippen LogP contribution in [0.2, 0.25) is 0 Å². The second-order valence-electron chi connectivity index (χ2n) is 4.21. The number of likely N-dealkylation sites (tertiary alicyclic amines) is 1. The van der Waals surface area contributed by atoms with E-state index in [0.717, 1.165) is 19.5 Å². The zero-order chi connectivity index (χ0) is 11.6. The highest BCUT2D eigenvalue weighted by atomic mass is 16.4. The molecule has 1 amide bonds. The number of aliphatic carboxylic acids is 1. The van der Waals surface area contributed by atoms with Crippen molar-refractivity contribution in [2.24, 2.45) is 5.92 Å². The highest BCUT2D eigenvalue weighted by Crippen LogP contribution is 2.17. The van der Waals surface area contributed by atoms with Crippen LogP contribution in [0.25, 0.3) is 0 Å². The minimum atomic E-state index is -0.961. The highest BCUT2D eigenvalue weighted by Gasteiger charge is 2.31. The molecule has 0 aromatic heterocycles. The summed E-state index contributed by atoms with van der Waals surface area (Å²) in [6.07, 6.45) is 0.825. The lowest BCUT2D eigenvalue weighted by molar-refractivity contribution is -0.149. The number of hydrogen-bond acceptors (Lipinski definition) is 3. The smallest absolute Gasteiger partial charge is 0.326 e. The molecule has 1 rings (SSSR count). The van der Waals surface area contributed by atoms with Crippen molar-refractivity contribution in [1.82, 2.24) is 9.80 Å². The number of carboxylic acid groups (broad SMARTS) is 1. The Morgan fingerprint density at radius 2 is 2.13 bits per heavy atom. The molecule has 15 heavy (non-hydrogen) atoms. The van der Waals surface area contributed by atoms with Crippen LogP contribution >= 0.6 is 0 Å². The van der Waals surface area contributed by atoms with Gasteiger partial charge in [0.1, 0.15) is 6.04 Å². The van der Waals surface area contributed by atoms with Gasteiger partial charge in [-0.25, -0.2) is 4.79 Å². The minimum absolute atomic E-state index is 0.0400. The molecule has 0 spiro atoms. The third-order valence-corrected chi connectivity index (χ3v) is 3.03. The van der Waals surface area contributed by atoms with Gasteiger partial charge < -0.3 is 14.9 Å². The predicted molar refractivity (Wildman–Crippen MR) is 55.5 cm³/mol. The van der Waals surface area contributed by atoms with Crippen LogP contribution in [-0.2, 0) is 9.59 Å². The van der Waals surface area contributed by atoms with Gasteiger partial charge in [0.05, 0.1) is 5.92 Å². The molecule has 5 nitrogen and oxygen atoms in total. The van der Waals surface area contributed by atoms with Crippen molar-refractivity contribution in [2.75, 3.05) is 27.2 Å². The van der Waals surface area contributed by atoms with E-state index in [1.165, 1.54) is 11.8 Å². The van der Waals surface area contributed by atoms with E-state index in [2.05, 4.69) is 4.90 Å². The first-order valence-electron chi connectivity index (χ1n) is 5.11. The predicted octanol–water partition coefficient (Wildman–Crippen LogP) is -0.130. The summed E-state index contributed by atoms with van der Waals surface area (Å²) in [4.78, 5) is 26.0. The number of amides is 1. The Bertz CT molecular complexity index is 267. The molecule has 2 atom stereocenters. The Hall–Kier alpha value is -1.10. The van der Waals surface area contributed by atoms with E-state index in [-0.39, 0.29) is 11.8 Å². The summed E-state index contributed by atoms with van der Waals surface area (Å²) in [6.45, 7) is 3.17. The van der Waals surface area contributed by atoms with Gasteiger partial charge in [-0.3, -0.25) is 4.79 Å². The molecule has 2 unspecified atom stereocenters. The first-order chi connectivity index (χ1) is 6.93. The van der Waals surface area contributed by atoms with Crippen LogP contribution in [0.1, 0.15) is 13.3 Å². The van der Waals surface area contributed by atoms with Crippen LogP contribution in [0.5, 0.6) is 0 Å². The summed E-state index contributed by atoms with van der Waals surface area (Å²) in [5.74, 6) is -1.06. The maximum Gasteiger partial charge on any atom is 0.326 e. The van der Waals surface area contributed by atoms with Gasteiger partial charge in [-0.2, -0.15) is 0 Å². The van der Waals surface area contributed by atoms with E-state index in [4.69, 9.17) is 5.11 Å². The SMILES string of the molecule is CC(C(=O)O)N(C)C(=O)C1CCN(C)C1. The normalized spacial score (nSPS) is 23.8. The molecule has 0 saturated carbocycles. The largest absolute Gasteiger partial charge is 0.480 e. The monoisotopic (exact) mass is 214 g/mol. The summed E-state index contributed by atoms with van der Waals surface area (Å²) in [6, 6.07) is -0.747. The van der Waals surface area contributed by atoms with E-state index in [1.807, 2.05) is 7.05 Å². The molecule has 0 bridgehead atoms. The lowest BCUT2D eigenvalue weighted by Gasteiger charge is -2.24. The van der Waals surface area contributed by atoms with Crippen LogP contribution in [0.3, 0.4) is 0 Å². The fourth-order valence-corrected chi connectivity index (χ4v) is 1.78. The zero-order valence-electron chi connectivity index (χ0n) is 9.43. The molecule has 1 N–H and O–H groups in total. The standard InChI is InChI=1S/C10H18N2O3/c1-7(10(14)15)12(3)9(13)8-4-5-11(2)6-8/h7-8H,4-6H2,1-3H3,(H,14,15). The van der Waals surface area contributed by atoms with Crippen molar-refractivity contribution in [3.8, 4) is 0 Å². The third kappa shape index (κ3) is 2.68. The molecular formula is C10H18N2O3. The number of nitrogens with zero attached hydrogens (tertiary/aromatic N) is 2. The van der Waals surface area contributed by atoms with Gasteiger partial charge in [-0.15, -0.1) is 0 Å². The molecule has 0 aromatic carbocycles. The van der Waals surface area contributed by atoms with E-state index < -0.39 is 12.0 Å². The molecule has 0 aliphatic carbocycles. The van der Waals surface area contributed by atoms with Gasteiger partial charge in [-0.1, -0.05) is 0 Å². The number of carboxylic acids is 1. The first-order valence-corrected chi connectivity index (χ1v) is 5.11. The Morgan fingerprint density at radius 3 is 2.53 bits per heavy atom. The second kappa shape index (κ2) is 4.61. The molecule has 1 fully saturated rings. The molecule has 86 valence electrons. The highest BCUT2D eigenvalue weighted by molar-refractivity contribution is 5.84. The van der Waals surface area contributed by atoms with E-state index in [0.29, 0.717) is 0 Å². The molecule has 0 aromatic rings. The lowest BCUT2D eigenvalue weighted by atomic mass is 10.1. The maximum absolute atomic E-state index is 11.9. The van der Waals surface area contributed by atoms with E-state index >= 15 is 0 Å². The summed E-state index contributed by atoms with van der Waals surface area (Å²) < 4.78 is 0. The minimum Gasteiger partial charge on any atom is -0.480 e. The van der Waals surface area contributed by atoms with Crippen molar-refractivity contribution in [2.45, 2.75) is 19.4 Å². The van der Waals surface area contributed by atoms with Gasteiger partial charge in [0.15, 0.2) is 0 Å². The summed E-state index contributed by atoms with van der Waals surface area (Å²) >= 11 is 0. The summed E-state index contributed by atoms with van der Waals surface area (Å²) in [5, 5.41) is 8.79. The molecule has 1 saturated heterocycles. The van der Waals surface area contributed by atoms with E-state index in [1.54, 1.807) is 7.05 Å². The fraction of sp³-hybridized carbons (Fsp3) is 0.800. The van der Waals surface area contributed by atoms with Gasteiger partial charge in [0.25, 0.3) is 0 Å². The Kier molecular flexibility index (Phi) is 3.68.